The summed E-state index contributed by atoms with van der Waals surface area (Å²) < 4.78 is 9.76. The molecule has 0 N–H and O–H groups in total. The average Bonchev–Trinajstić information content (AvgIpc) is 2.60. The summed E-state index contributed by atoms with van der Waals surface area (Å²) in [6.45, 7) is 7.20. The van der Waals surface area contributed by atoms with Gasteiger partial charge in [-0.3, -0.25) is 0 Å². The largest absolute Gasteiger partial charge is 0.462 e. The summed E-state index contributed by atoms with van der Waals surface area (Å²) >= 11 is 0. The van der Waals surface area contributed by atoms with Gasteiger partial charge in [0.2, 0.25) is 0 Å². The van der Waals surface area contributed by atoms with Gasteiger partial charge in [-0.25, -0.2) is 9.59 Å². The molecule has 0 amide bonds. The lowest BCUT2D eigenvalue weighted by atomic mass is 10.1. The molecule has 0 atom stereocenters. The number of esters is 2. The number of rotatable bonds is 13. The minimum atomic E-state index is -0.642. The second kappa shape index (κ2) is 14.0. The smallest absolute Gasteiger partial charge is 0.348 e. The van der Waals surface area contributed by atoms with Crippen molar-refractivity contribution in [3.05, 3.63) is 24.3 Å². The molecule has 0 aromatic carbocycles. The zero-order chi connectivity index (χ0) is 18.2. The van der Waals surface area contributed by atoms with E-state index in [0.29, 0.717) is 13.2 Å². The third kappa shape index (κ3) is 11.0. The Morgan fingerprint density at radius 1 is 0.667 bits per heavy atom. The van der Waals surface area contributed by atoms with Crippen LogP contribution in [0.2, 0.25) is 0 Å². The van der Waals surface area contributed by atoms with Gasteiger partial charge < -0.3 is 9.47 Å². The lowest BCUT2D eigenvalue weighted by molar-refractivity contribution is -0.139. The number of nitrogens with zero attached hydrogens (tertiary/aromatic N) is 2. The van der Waals surface area contributed by atoms with Gasteiger partial charge in [-0.2, -0.15) is 10.5 Å². The van der Waals surface area contributed by atoms with Gasteiger partial charge in [0.25, 0.3) is 0 Å². The zero-order valence-electron chi connectivity index (χ0n) is 14.0. The van der Waals surface area contributed by atoms with Crippen LogP contribution in [-0.2, 0) is 19.1 Å². The van der Waals surface area contributed by atoms with E-state index in [0.717, 1.165) is 51.4 Å². The minimum Gasteiger partial charge on any atom is -0.462 e. The van der Waals surface area contributed by atoms with Crippen LogP contribution in [0.4, 0.5) is 0 Å². The van der Waals surface area contributed by atoms with Crippen LogP contribution in [0.25, 0.3) is 0 Å². The zero-order valence-corrected chi connectivity index (χ0v) is 14.0. The molecule has 6 nitrogen and oxygen atoms in total. The maximum atomic E-state index is 11.1. The van der Waals surface area contributed by atoms with Crippen LogP contribution in [0.3, 0.4) is 0 Å². The molecule has 6 heteroatoms. The molecule has 0 saturated heterocycles. The molecule has 0 saturated carbocycles. The van der Waals surface area contributed by atoms with E-state index in [9.17, 15) is 9.59 Å². The van der Waals surface area contributed by atoms with Crippen molar-refractivity contribution in [3.63, 3.8) is 0 Å². The number of hydrogen-bond donors (Lipinski definition) is 0. The lowest BCUT2D eigenvalue weighted by Gasteiger charge is -2.04. The maximum Gasteiger partial charge on any atom is 0.348 e. The number of ether oxygens (including phenoxy) is 2. The number of carbonyl (C=O) groups is 2. The van der Waals surface area contributed by atoms with Crippen molar-refractivity contribution in [2.24, 2.45) is 0 Å². The Hall–Kier alpha value is -2.60. The van der Waals surface area contributed by atoms with Crippen LogP contribution in [0.15, 0.2) is 24.3 Å². The Labute approximate surface area is 143 Å². The van der Waals surface area contributed by atoms with Crippen LogP contribution in [-0.4, -0.2) is 25.2 Å². The third-order valence-corrected chi connectivity index (χ3v) is 3.27. The van der Waals surface area contributed by atoms with Crippen molar-refractivity contribution >= 4 is 11.9 Å². The highest BCUT2D eigenvalue weighted by Crippen LogP contribution is 2.09. The highest BCUT2D eigenvalue weighted by Gasteiger charge is 2.07. The van der Waals surface area contributed by atoms with E-state index in [1.165, 1.54) is 0 Å². The molecule has 0 aliphatic heterocycles. The number of nitriles is 2. The molecule has 0 aromatic rings. The number of unbranched alkanes of at least 4 members (excludes halogenated alkanes) is 7. The highest BCUT2D eigenvalue weighted by atomic mass is 16.5. The summed E-state index contributed by atoms with van der Waals surface area (Å²) in [4.78, 5) is 22.3. The summed E-state index contributed by atoms with van der Waals surface area (Å²) in [7, 11) is 0. The van der Waals surface area contributed by atoms with Gasteiger partial charge in [-0.1, -0.05) is 51.7 Å². The normalized spacial score (nSPS) is 9.42. The summed E-state index contributed by atoms with van der Waals surface area (Å²) in [5.41, 5.74) is -0.338. The predicted octanol–water partition coefficient (Wildman–Crippen LogP) is 3.35. The van der Waals surface area contributed by atoms with Gasteiger partial charge in [-0.05, 0) is 12.8 Å². The Morgan fingerprint density at radius 3 is 1.25 bits per heavy atom. The standard InChI is InChI=1S/C18H24N2O4/c1-15(13-19)17(21)23-11-9-7-5-3-4-6-8-10-12-24-18(22)16(2)14-20/h1-12H2. The molecule has 0 aliphatic carbocycles. The highest BCUT2D eigenvalue weighted by molar-refractivity contribution is 5.92. The third-order valence-electron chi connectivity index (χ3n) is 3.27. The monoisotopic (exact) mass is 332 g/mol. The summed E-state index contributed by atoms with van der Waals surface area (Å²) in [6.07, 6.45) is 7.84. The molecule has 0 aromatic heterocycles. The van der Waals surface area contributed by atoms with E-state index in [2.05, 4.69) is 13.2 Å². The molecule has 0 aliphatic rings. The molecular formula is C18H24N2O4. The van der Waals surface area contributed by atoms with Crippen LogP contribution in [0.1, 0.15) is 51.4 Å². The quantitative estimate of drug-likeness (QED) is 0.222. The molecule has 0 unspecified atom stereocenters. The lowest BCUT2D eigenvalue weighted by Crippen LogP contribution is -2.07. The minimum absolute atomic E-state index is 0.169. The van der Waals surface area contributed by atoms with Crippen molar-refractivity contribution < 1.29 is 19.1 Å². The van der Waals surface area contributed by atoms with Crippen molar-refractivity contribution in [2.45, 2.75) is 51.4 Å². The SMILES string of the molecule is C=C(C#N)C(=O)OCCCCCCCCCCOC(=O)C(=C)C#N. The van der Waals surface area contributed by atoms with E-state index >= 15 is 0 Å². The molecule has 0 bridgehead atoms. The predicted molar refractivity (Wildman–Crippen MR) is 88.4 cm³/mol. The molecule has 130 valence electrons. The first-order valence-electron chi connectivity index (χ1n) is 8.05. The Kier molecular flexibility index (Phi) is 12.5. The summed E-state index contributed by atoms with van der Waals surface area (Å²) in [5.74, 6) is -1.28. The molecular weight excluding hydrogens is 308 g/mol. The van der Waals surface area contributed by atoms with Crippen molar-refractivity contribution in [1.29, 1.82) is 10.5 Å². The van der Waals surface area contributed by atoms with Gasteiger partial charge in [0.15, 0.2) is 0 Å². The molecule has 0 spiro atoms. The fourth-order valence-corrected chi connectivity index (χ4v) is 1.86. The van der Waals surface area contributed by atoms with Gasteiger partial charge in [0.05, 0.1) is 13.2 Å². The van der Waals surface area contributed by atoms with Gasteiger partial charge in [0, 0.05) is 0 Å². The molecule has 0 rings (SSSR count). The molecule has 0 heterocycles. The van der Waals surface area contributed by atoms with Crippen LogP contribution >= 0.6 is 0 Å². The first kappa shape index (κ1) is 21.4. The molecule has 0 fully saturated rings. The second-order valence-electron chi connectivity index (χ2n) is 5.28. The summed E-state index contributed by atoms with van der Waals surface area (Å²) in [6, 6.07) is 3.31. The van der Waals surface area contributed by atoms with Crippen molar-refractivity contribution in [1.82, 2.24) is 0 Å². The van der Waals surface area contributed by atoms with E-state index in [1.807, 2.05) is 0 Å². The average molecular weight is 332 g/mol. The summed E-state index contributed by atoms with van der Waals surface area (Å²) in [5, 5.41) is 16.9. The fourth-order valence-electron chi connectivity index (χ4n) is 1.86. The first-order chi connectivity index (χ1) is 11.5. The Balaban J connectivity index is 3.32. The maximum absolute atomic E-state index is 11.1. The topological polar surface area (TPSA) is 100 Å². The van der Waals surface area contributed by atoms with E-state index in [1.54, 1.807) is 12.1 Å². The van der Waals surface area contributed by atoms with Crippen molar-refractivity contribution in [2.75, 3.05) is 13.2 Å². The van der Waals surface area contributed by atoms with Gasteiger partial charge in [0.1, 0.15) is 23.3 Å². The van der Waals surface area contributed by atoms with E-state index < -0.39 is 11.9 Å². The second-order valence-corrected chi connectivity index (χ2v) is 5.28. The molecule has 24 heavy (non-hydrogen) atoms. The number of carbonyl (C=O) groups excluding carboxylic acids is 2. The fraction of sp³-hybridized carbons (Fsp3) is 0.556. The Morgan fingerprint density at radius 2 is 0.958 bits per heavy atom. The molecule has 0 radical (unpaired) electrons. The van der Waals surface area contributed by atoms with Crippen LogP contribution in [0, 0.1) is 22.7 Å². The Bertz CT molecular complexity index is 478. The van der Waals surface area contributed by atoms with Crippen LogP contribution in [0.5, 0.6) is 0 Å². The first-order valence-corrected chi connectivity index (χ1v) is 8.05. The van der Waals surface area contributed by atoms with Gasteiger partial charge in [-0.15, -0.1) is 0 Å². The van der Waals surface area contributed by atoms with E-state index in [4.69, 9.17) is 20.0 Å². The van der Waals surface area contributed by atoms with Gasteiger partial charge >= 0.3 is 11.9 Å². The van der Waals surface area contributed by atoms with Crippen LogP contribution < -0.4 is 0 Å². The van der Waals surface area contributed by atoms with Crippen molar-refractivity contribution in [3.8, 4) is 12.1 Å². The number of hydrogen-bond acceptors (Lipinski definition) is 6. The van der Waals surface area contributed by atoms with E-state index in [-0.39, 0.29) is 11.1 Å².